The summed E-state index contributed by atoms with van der Waals surface area (Å²) in [6.45, 7) is 0.951. The van der Waals surface area contributed by atoms with Gasteiger partial charge in [-0.05, 0) is 6.07 Å². The van der Waals surface area contributed by atoms with Gasteiger partial charge < -0.3 is 15.2 Å². The van der Waals surface area contributed by atoms with Crippen LogP contribution in [0.1, 0.15) is 17.3 Å². The molecule has 0 aliphatic carbocycles. The predicted molar refractivity (Wildman–Crippen MR) is 78.1 cm³/mol. The second-order valence-electron chi connectivity index (χ2n) is 4.46. The minimum Gasteiger partial charge on any atom is -0.497 e. The summed E-state index contributed by atoms with van der Waals surface area (Å²) in [5, 5.41) is 4.54. The molecular weight excluding hydrogens is 297 g/mol. The van der Waals surface area contributed by atoms with E-state index in [2.05, 4.69) is 5.10 Å². The van der Waals surface area contributed by atoms with Crippen molar-refractivity contribution in [1.29, 1.82) is 0 Å². The Kier molecular flexibility index (Phi) is 5.17. The average molecular weight is 314 g/mol. The Morgan fingerprint density at radius 1 is 1.43 bits per heavy atom. The molecule has 1 aromatic heterocycles. The van der Waals surface area contributed by atoms with Gasteiger partial charge in [0.2, 0.25) is 0 Å². The molecule has 0 radical (unpaired) electrons. The molecule has 1 heterocycles. The molecule has 0 aliphatic heterocycles. The molecule has 114 valence electrons. The first-order chi connectivity index (χ1) is 10.1. The van der Waals surface area contributed by atoms with Gasteiger partial charge in [-0.15, -0.1) is 0 Å². The van der Waals surface area contributed by atoms with E-state index in [9.17, 15) is 4.39 Å². The zero-order valence-corrected chi connectivity index (χ0v) is 12.6. The highest BCUT2D eigenvalue weighted by Crippen LogP contribution is 2.29. The molecule has 5 nitrogen and oxygen atoms in total. The largest absolute Gasteiger partial charge is 0.497 e. The van der Waals surface area contributed by atoms with E-state index in [0.717, 1.165) is 0 Å². The van der Waals surface area contributed by atoms with E-state index < -0.39 is 11.9 Å². The molecule has 0 saturated heterocycles. The topological polar surface area (TPSA) is 62.3 Å². The van der Waals surface area contributed by atoms with Crippen molar-refractivity contribution in [2.24, 2.45) is 5.73 Å². The summed E-state index contributed by atoms with van der Waals surface area (Å²) >= 11 is 6.13. The van der Waals surface area contributed by atoms with Gasteiger partial charge >= 0.3 is 0 Å². The number of aromatic nitrogens is 2. The summed E-state index contributed by atoms with van der Waals surface area (Å²) in [7, 11) is 3.07. The second-order valence-corrected chi connectivity index (χ2v) is 4.87. The molecule has 2 aromatic rings. The van der Waals surface area contributed by atoms with Crippen molar-refractivity contribution in [2.75, 3.05) is 20.8 Å². The molecule has 0 amide bonds. The monoisotopic (exact) mass is 313 g/mol. The van der Waals surface area contributed by atoms with Gasteiger partial charge in [0, 0.05) is 18.7 Å². The number of nitrogens with zero attached hydrogens (tertiary/aromatic N) is 2. The number of nitrogens with two attached hydrogens (primary N) is 1. The molecule has 1 atom stereocenters. The Bertz CT molecular complexity index is 618. The van der Waals surface area contributed by atoms with Crippen molar-refractivity contribution in [1.82, 2.24) is 9.78 Å². The summed E-state index contributed by atoms with van der Waals surface area (Å²) in [4.78, 5) is 0. The number of hydrogen-bond donors (Lipinski definition) is 1. The van der Waals surface area contributed by atoms with E-state index in [0.29, 0.717) is 35.2 Å². The van der Waals surface area contributed by atoms with Gasteiger partial charge in [-0.2, -0.15) is 5.10 Å². The summed E-state index contributed by atoms with van der Waals surface area (Å²) in [5.74, 6) is -0.0140. The Morgan fingerprint density at radius 2 is 2.19 bits per heavy atom. The van der Waals surface area contributed by atoms with Crippen LogP contribution in [-0.4, -0.2) is 30.6 Å². The smallest absolute Gasteiger partial charge is 0.132 e. The molecule has 7 heteroatoms. The Labute approximate surface area is 127 Å². The summed E-state index contributed by atoms with van der Waals surface area (Å²) in [6.07, 6.45) is 1.49. The van der Waals surface area contributed by atoms with Crippen LogP contribution in [0.4, 0.5) is 4.39 Å². The lowest BCUT2D eigenvalue weighted by Gasteiger charge is -2.16. The number of hydrogen-bond acceptors (Lipinski definition) is 4. The van der Waals surface area contributed by atoms with E-state index in [1.165, 1.54) is 19.4 Å². The zero-order valence-electron chi connectivity index (χ0n) is 11.8. The maximum Gasteiger partial charge on any atom is 0.132 e. The molecule has 21 heavy (non-hydrogen) atoms. The fourth-order valence-corrected chi connectivity index (χ4v) is 2.33. The van der Waals surface area contributed by atoms with Crippen LogP contribution in [0, 0.1) is 5.82 Å². The van der Waals surface area contributed by atoms with Gasteiger partial charge in [-0.25, -0.2) is 4.39 Å². The normalized spacial score (nSPS) is 12.4. The van der Waals surface area contributed by atoms with E-state index in [1.54, 1.807) is 23.9 Å². The Morgan fingerprint density at radius 3 is 2.81 bits per heavy atom. The van der Waals surface area contributed by atoms with Gasteiger partial charge in [-0.1, -0.05) is 17.7 Å². The third-order valence-corrected chi connectivity index (χ3v) is 3.47. The van der Waals surface area contributed by atoms with Crippen molar-refractivity contribution in [2.45, 2.75) is 12.6 Å². The lowest BCUT2D eigenvalue weighted by atomic mass is 10.0. The first-order valence-corrected chi connectivity index (χ1v) is 6.75. The van der Waals surface area contributed by atoms with Crippen molar-refractivity contribution in [3.8, 4) is 5.75 Å². The van der Waals surface area contributed by atoms with E-state index >= 15 is 0 Å². The molecule has 1 unspecified atom stereocenters. The fourth-order valence-electron chi connectivity index (χ4n) is 2.07. The van der Waals surface area contributed by atoms with Crippen molar-refractivity contribution >= 4 is 11.6 Å². The minimum atomic E-state index is -0.720. The number of rotatable bonds is 6. The first kappa shape index (κ1) is 15.8. The molecule has 2 N–H and O–H groups in total. The van der Waals surface area contributed by atoms with Gasteiger partial charge in [0.05, 0.1) is 43.2 Å². The summed E-state index contributed by atoms with van der Waals surface area (Å²) in [5.41, 5.74) is 7.04. The van der Waals surface area contributed by atoms with Gasteiger partial charge in [0.1, 0.15) is 11.6 Å². The fraction of sp³-hybridized carbons (Fsp3) is 0.357. The molecule has 1 aromatic carbocycles. The highest BCUT2D eigenvalue weighted by atomic mass is 35.5. The summed E-state index contributed by atoms with van der Waals surface area (Å²) in [6, 6.07) is 3.81. The van der Waals surface area contributed by atoms with Crippen LogP contribution in [0.15, 0.2) is 24.4 Å². The van der Waals surface area contributed by atoms with Crippen LogP contribution in [0.2, 0.25) is 5.02 Å². The highest BCUT2D eigenvalue weighted by Gasteiger charge is 2.21. The Balaban J connectivity index is 2.35. The average Bonchev–Trinajstić information content (AvgIpc) is 2.85. The molecular formula is C14H17ClFN3O2. The van der Waals surface area contributed by atoms with Crippen LogP contribution < -0.4 is 10.5 Å². The quantitative estimate of drug-likeness (QED) is 0.889. The first-order valence-electron chi connectivity index (χ1n) is 6.37. The van der Waals surface area contributed by atoms with E-state index in [-0.39, 0.29) is 0 Å². The molecule has 0 aliphatic rings. The molecule has 0 saturated carbocycles. The van der Waals surface area contributed by atoms with Crippen LogP contribution in [0.3, 0.4) is 0 Å². The van der Waals surface area contributed by atoms with Gasteiger partial charge in [-0.3, -0.25) is 4.68 Å². The van der Waals surface area contributed by atoms with Gasteiger partial charge in [0.15, 0.2) is 0 Å². The third-order valence-electron chi connectivity index (χ3n) is 3.18. The van der Waals surface area contributed by atoms with Crippen LogP contribution in [0.25, 0.3) is 0 Å². The van der Waals surface area contributed by atoms with Crippen LogP contribution in [-0.2, 0) is 11.3 Å². The highest BCUT2D eigenvalue weighted by molar-refractivity contribution is 6.31. The number of halogens is 2. The summed E-state index contributed by atoms with van der Waals surface area (Å²) < 4.78 is 25.8. The second kappa shape index (κ2) is 6.89. The Hall–Kier alpha value is -1.63. The maximum absolute atomic E-state index is 14.1. The predicted octanol–water partition coefficient (Wildman–Crippen LogP) is 2.38. The number of benzene rings is 1. The lowest BCUT2D eigenvalue weighted by Crippen LogP contribution is -2.20. The molecule has 0 bridgehead atoms. The van der Waals surface area contributed by atoms with Crippen molar-refractivity contribution < 1.29 is 13.9 Å². The SMILES string of the molecule is COCCn1ncc(Cl)c1C(N)c1ccc(OC)cc1F. The maximum atomic E-state index is 14.1. The molecule has 0 spiro atoms. The minimum absolute atomic E-state index is 0.330. The number of ether oxygens (including phenoxy) is 2. The van der Waals surface area contributed by atoms with Gasteiger partial charge in [0.25, 0.3) is 0 Å². The zero-order chi connectivity index (χ0) is 15.4. The van der Waals surface area contributed by atoms with Crippen LogP contribution >= 0.6 is 11.6 Å². The van der Waals surface area contributed by atoms with Crippen molar-refractivity contribution in [3.05, 3.63) is 46.5 Å². The van der Waals surface area contributed by atoms with Crippen LogP contribution in [0.5, 0.6) is 5.75 Å². The lowest BCUT2D eigenvalue weighted by molar-refractivity contribution is 0.182. The van der Waals surface area contributed by atoms with Crippen molar-refractivity contribution in [3.63, 3.8) is 0 Å². The molecule has 0 fully saturated rings. The molecule has 2 rings (SSSR count). The number of methoxy groups -OCH3 is 2. The van der Waals surface area contributed by atoms with E-state index in [4.69, 9.17) is 26.8 Å². The standard InChI is InChI=1S/C14H17ClFN3O2/c1-20-6-5-19-14(11(15)8-18-19)13(17)10-4-3-9(21-2)7-12(10)16/h3-4,7-8,13H,5-6,17H2,1-2H3. The van der Waals surface area contributed by atoms with E-state index in [1.807, 2.05) is 0 Å². The third kappa shape index (κ3) is 3.34.